The molecular formula is C11H24ClN5. The molecule has 4 N–H and O–H groups in total. The molecule has 0 aromatic carbocycles. The van der Waals surface area contributed by atoms with E-state index >= 15 is 0 Å². The molecule has 0 saturated carbocycles. The monoisotopic (exact) mass is 261 g/mol. The van der Waals surface area contributed by atoms with Crippen LogP contribution < -0.4 is 11.1 Å². The quantitative estimate of drug-likeness (QED) is 0.410. The molecule has 6 heteroatoms. The van der Waals surface area contributed by atoms with Crippen LogP contribution in [0.3, 0.4) is 0 Å². The first-order valence-corrected chi connectivity index (χ1v) is 6.14. The molecule has 100 valence electrons. The largest absolute Gasteiger partial charge is 0.370 e. The van der Waals surface area contributed by atoms with Crippen molar-refractivity contribution in [3.8, 4) is 0 Å². The summed E-state index contributed by atoms with van der Waals surface area (Å²) in [7, 11) is 0. The summed E-state index contributed by atoms with van der Waals surface area (Å²) in [4.78, 5) is 6.18. The molecule has 17 heavy (non-hydrogen) atoms. The van der Waals surface area contributed by atoms with E-state index in [2.05, 4.69) is 17.2 Å². The van der Waals surface area contributed by atoms with Crippen molar-refractivity contribution in [3.05, 3.63) is 0 Å². The number of aliphatic imine (C=N–C) groups is 1. The maximum atomic E-state index is 7.85. The Hall–Kier alpha value is -0.970. The van der Waals surface area contributed by atoms with Crippen LogP contribution in [0.2, 0.25) is 0 Å². The number of hydrogen-bond donors (Lipinski definition) is 3. The lowest BCUT2D eigenvalue weighted by Gasteiger charge is -2.28. The Labute approximate surface area is 110 Å². The SMILES string of the molecule is CCCCN=C(N)NC(=N)N1CCCCC1.Cl. The number of piperidine rings is 1. The van der Waals surface area contributed by atoms with E-state index in [1.165, 1.54) is 6.42 Å². The lowest BCUT2D eigenvalue weighted by Crippen LogP contribution is -2.48. The van der Waals surface area contributed by atoms with Gasteiger partial charge in [-0.25, -0.2) is 0 Å². The van der Waals surface area contributed by atoms with Crippen LogP contribution in [0.25, 0.3) is 0 Å². The number of halogens is 1. The van der Waals surface area contributed by atoms with E-state index in [1.807, 2.05) is 4.90 Å². The summed E-state index contributed by atoms with van der Waals surface area (Å²) in [5.74, 6) is 0.751. The molecule has 1 rings (SSSR count). The molecule has 1 aliphatic heterocycles. The molecule has 1 aliphatic rings. The van der Waals surface area contributed by atoms with Gasteiger partial charge in [0.15, 0.2) is 11.9 Å². The molecule has 0 bridgehead atoms. The minimum Gasteiger partial charge on any atom is -0.370 e. The maximum absolute atomic E-state index is 7.85. The Morgan fingerprint density at radius 2 is 2.00 bits per heavy atom. The number of rotatable bonds is 3. The van der Waals surface area contributed by atoms with Crippen LogP contribution in [0.1, 0.15) is 39.0 Å². The molecule has 0 aliphatic carbocycles. The highest BCUT2D eigenvalue weighted by Gasteiger charge is 2.13. The second kappa shape index (κ2) is 9.10. The molecule has 0 radical (unpaired) electrons. The zero-order valence-electron chi connectivity index (χ0n) is 10.5. The van der Waals surface area contributed by atoms with E-state index in [-0.39, 0.29) is 12.4 Å². The highest BCUT2D eigenvalue weighted by Crippen LogP contribution is 2.07. The van der Waals surface area contributed by atoms with Crippen LogP contribution in [0, 0.1) is 5.41 Å². The number of nitrogens with one attached hydrogen (secondary N) is 2. The number of nitrogens with two attached hydrogens (primary N) is 1. The topological polar surface area (TPSA) is 77.5 Å². The van der Waals surface area contributed by atoms with Crippen molar-refractivity contribution in [2.45, 2.75) is 39.0 Å². The molecule has 1 saturated heterocycles. The molecule has 0 atom stereocenters. The first-order chi connectivity index (χ1) is 7.74. The number of nitrogens with zero attached hydrogens (tertiary/aromatic N) is 2. The fraction of sp³-hybridized carbons (Fsp3) is 0.818. The fourth-order valence-corrected chi connectivity index (χ4v) is 1.72. The Morgan fingerprint density at radius 3 is 2.59 bits per heavy atom. The molecule has 0 amide bonds. The number of unbranched alkanes of at least 4 members (excludes halogenated alkanes) is 1. The zero-order chi connectivity index (χ0) is 11.8. The summed E-state index contributed by atoms with van der Waals surface area (Å²) >= 11 is 0. The minimum atomic E-state index is 0. The maximum Gasteiger partial charge on any atom is 0.197 e. The smallest absolute Gasteiger partial charge is 0.197 e. The van der Waals surface area contributed by atoms with Gasteiger partial charge in [-0.15, -0.1) is 12.4 Å². The number of likely N-dealkylation sites (tertiary alicyclic amines) is 1. The van der Waals surface area contributed by atoms with Crippen molar-refractivity contribution in [1.82, 2.24) is 10.2 Å². The summed E-state index contributed by atoms with van der Waals surface area (Å²) < 4.78 is 0. The van der Waals surface area contributed by atoms with Crippen LogP contribution >= 0.6 is 12.4 Å². The standard InChI is InChI=1S/C11H23N5.ClH/c1-2-3-7-14-10(12)15-11(13)16-8-5-4-6-9-16;/h2-9H2,1H3,(H4,12,13,14,15);1H. The van der Waals surface area contributed by atoms with Crippen molar-refractivity contribution < 1.29 is 0 Å². The minimum absolute atomic E-state index is 0. The zero-order valence-corrected chi connectivity index (χ0v) is 11.4. The molecule has 0 unspecified atom stereocenters. The average Bonchev–Trinajstić information content (AvgIpc) is 2.30. The van der Waals surface area contributed by atoms with Gasteiger partial charge < -0.3 is 10.6 Å². The third kappa shape index (κ3) is 6.36. The van der Waals surface area contributed by atoms with Gasteiger partial charge in [-0.2, -0.15) is 0 Å². The Balaban J connectivity index is 0.00000256. The predicted octanol–water partition coefficient (Wildman–Crippen LogP) is 1.53. The lowest BCUT2D eigenvalue weighted by atomic mass is 10.1. The Morgan fingerprint density at radius 1 is 1.35 bits per heavy atom. The second-order valence-electron chi connectivity index (χ2n) is 4.14. The van der Waals surface area contributed by atoms with Gasteiger partial charge in [0.05, 0.1) is 0 Å². The summed E-state index contributed by atoms with van der Waals surface area (Å²) in [6, 6.07) is 0. The predicted molar refractivity (Wildman–Crippen MR) is 74.9 cm³/mol. The summed E-state index contributed by atoms with van der Waals surface area (Å²) in [6.07, 6.45) is 5.75. The van der Waals surface area contributed by atoms with E-state index in [0.29, 0.717) is 11.9 Å². The molecule has 5 nitrogen and oxygen atoms in total. The van der Waals surface area contributed by atoms with Crippen molar-refractivity contribution in [2.24, 2.45) is 10.7 Å². The van der Waals surface area contributed by atoms with Crippen LogP contribution in [-0.4, -0.2) is 36.5 Å². The van der Waals surface area contributed by atoms with Crippen LogP contribution in [0.5, 0.6) is 0 Å². The van der Waals surface area contributed by atoms with Gasteiger partial charge in [0.25, 0.3) is 0 Å². The molecule has 0 spiro atoms. The van der Waals surface area contributed by atoms with E-state index < -0.39 is 0 Å². The van der Waals surface area contributed by atoms with Gasteiger partial charge in [0.2, 0.25) is 0 Å². The first kappa shape index (κ1) is 16.0. The first-order valence-electron chi connectivity index (χ1n) is 6.14. The average molecular weight is 262 g/mol. The van der Waals surface area contributed by atoms with E-state index in [1.54, 1.807) is 0 Å². The Bertz CT molecular complexity index is 248. The number of hydrogen-bond acceptors (Lipinski definition) is 2. The van der Waals surface area contributed by atoms with Crippen molar-refractivity contribution >= 4 is 24.3 Å². The number of guanidine groups is 2. The van der Waals surface area contributed by atoms with Gasteiger partial charge in [-0.3, -0.25) is 15.7 Å². The second-order valence-corrected chi connectivity index (χ2v) is 4.14. The lowest BCUT2D eigenvalue weighted by molar-refractivity contribution is 0.334. The molecule has 0 aromatic heterocycles. The summed E-state index contributed by atoms with van der Waals surface area (Å²) in [5.41, 5.74) is 5.69. The van der Waals surface area contributed by atoms with Gasteiger partial charge in [0, 0.05) is 19.6 Å². The molecule has 1 heterocycles. The van der Waals surface area contributed by atoms with Gasteiger partial charge in [-0.1, -0.05) is 13.3 Å². The van der Waals surface area contributed by atoms with Crippen molar-refractivity contribution in [3.63, 3.8) is 0 Å². The van der Waals surface area contributed by atoms with E-state index in [0.717, 1.165) is 45.3 Å². The van der Waals surface area contributed by atoms with Gasteiger partial charge >= 0.3 is 0 Å². The summed E-state index contributed by atoms with van der Waals surface area (Å²) in [5, 5.41) is 10.7. The van der Waals surface area contributed by atoms with Crippen molar-refractivity contribution in [2.75, 3.05) is 19.6 Å². The van der Waals surface area contributed by atoms with Crippen molar-refractivity contribution in [1.29, 1.82) is 5.41 Å². The molecule has 1 fully saturated rings. The van der Waals surface area contributed by atoms with Crippen LogP contribution in [0.4, 0.5) is 0 Å². The summed E-state index contributed by atoms with van der Waals surface area (Å²) in [6.45, 7) is 4.76. The fourth-order valence-electron chi connectivity index (χ4n) is 1.72. The van der Waals surface area contributed by atoms with E-state index in [4.69, 9.17) is 11.1 Å². The third-order valence-electron chi connectivity index (χ3n) is 2.71. The van der Waals surface area contributed by atoms with Gasteiger partial charge in [-0.05, 0) is 25.7 Å². The van der Waals surface area contributed by atoms with E-state index in [9.17, 15) is 0 Å². The van der Waals surface area contributed by atoms with Gasteiger partial charge in [0.1, 0.15) is 0 Å². The van der Waals surface area contributed by atoms with Crippen LogP contribution in [0.15, 0.2) is 4.99 Å². The highest BCUT2D eigenvalue weighted by atomic mass is 35.5. The normalized spacial score (nSPS) is 16.3. The molecular weight excluding hydrogens is 238 g/mol. The Kier molecular flexibility index (Phi) is 8.58. The highest BCUT2D eigenvalue weighted by molar-refractivity contribution is 5.96. The van der Waals surface area contributed by atoms with Crippen LogP contribution in [-0.2, 0) is 0 Å². The third-order valence-corrected chi connectivity index (χ3v) is 2.71. The molecule has 0 aromatic rings.